The molecule has 1 aromatic rings. The van der Waals surface area contributed by atoms with E-state index < -0.39 is 28.9 Å². The summed E-state index contributed by atoms with van der Waals surface area (Å²) in [6, 6.07) is 0.919. The summed E-state index contributed by atoms with van der Waals surface area (Å²) in [7, 11) is 1.36. The first-order valence-electron chi connectivity index (χ1n) is 5.43. The Labute approximate surface area is 114 Å². The smallest absolute Gasteiger partial charge is 0.259 e. The summed E-state index contributed by atoms with van der Waals surface area (Å²) in [5.74, 6) is -4.74. The van der Waals surface area contributed by atoms with Crippen LogP contribution in [0.25, 0.3) is 0 Å². The summed E-state index contributed by atoms with van der Waals surface area (Å²) in [6.07, 6.45) is 0. The second kappa shape index (κ2) is 6.01. The standard InChI is InChI=1S/C12H13F3N2OS/c1-6(11(16)19)5-17(2)12(18)10-8(14)3-7(13)4-9(10)15/h3-4,6H,5H2,1-2H3,(H2,16,19). The fourth-order valence-corrected chi connectivity index (χ4v) is 1.60. The van der Waals surface area contributed by atoms with Crippen LogP contribution in [0.3, 0.4) is 0 Å². The topological polar surface area (TPSA) is 46.3 Å². The van der Waals surface area contributed by atoms with E-state index in [0.29, 0.717) is 12.1 Å². The van der Waals surface area contributed by atoms with Crippen molar-refractivity contribution in [3.05, 3.63) is 35.1 Å². The molecule has 3 nitrogen and oxygen atoms in total. The molecule has 0 saturated carbocycles. The second-order valence-electron chi connectivity index (χ2n) is 4.23. The summed E-state index contributed by atoms with van der Waals surface area (Å²) in [4.78, 5) is 13.2. The molecule has 7 heteroatoms. The molecule has 104 valence electrons. The van der Waals surface area contributed by atoms with Crippen LogP contribution in [0, 0.1) is 23.4 Å². The molecule has 0 aliphatic heterocycles. The fourth-order valence-electron chi connectivity index (χ4n) is 1.52. The number of hydrogen-bond donors (Lipinski definition) is 1. The lowest BCUT2D eigenvalue weighted by Gasteiger charge is -2.21. The number of halogens is 3. The van der Waals surface area contributed by atoms with Crippen LogP contribution in [-0.2, 0) is 0 Å². The lowest BCUT2D eigenvalue weighted by molar-refractivity contribution is 0.0777. The lowest BCUT2D eigenvalue weighted by atomic mass is 10.1. The molecule has 0 fully saturated rings. The summed E-state index contributed by atoms with van der Waals surface area (Å²) < 4.78 is 39.6. The zero-order valence-electron chi connectivity index (χ0n) is 10.4. The van der Waals surface area contributed by atoms with Gasteiger partial charge in [-0.15, -0.1) is 0 Å². The Morgan fingerprint density at radius 2 is 1.84 bits per heavy atom. The zero-order chi connectivity index (χ0) is 14.7. The quantitative estimate of drug-likeness (QED) is 0.864. The van der Waals surface area contributed by atoms with Crippen molar-refractivity contribution in [1.29, 1.82) is 0 Å². The zero-order valence-corrected chi connectivity index (χ0v) is 11.2. The number of hydrogen-bond acceptors (Lipinski definition) is 2. The van der Waals surface area contributed by atoms with Crippen LogP contribution in [0.4, 0.5) is 13.2 Å². The average molecular weight is 290 g/mol. The van der Waals surface area contributed by atoms with Gasteiger partial charge in [-0.3, -0.25) is 4.79 Å². The molecular formula is C12H13F3N2OS. The van der Waals surface area contributed by atoms with Crippen molar-refractivity contribution < 1.29 is 18.0 Å². The minimum atomic E-state index is -1.24. The van der Waals surface area contributed by atoms with E-state index in [1.54, 1.807) is 6.92 Å². The number of carbonyl (C=O) groups excluding carboxylic acids is 1. The van der Waals surface area contributed by atoms with Gasteiger partial charge in [-0.2, -0.15) is 0 Å². The van der Waals surface area contributed by atoms with E-state index in [4.69, 9.17) is 18.0 Å². The summed E-state index contributed by atoms with van der Waals surface area (Å²) in [5, 5.41) is 0. The highest BCUT2D eigenvalue weighted by Gasteiger charge is 2.23. The molecule has 19 heavy (non-hydrogen) atoms. The molecule has 0 aromatic heterocycles. The average Bonchev–Trinajstić information content (AvgIpc) is 2.26. The number of nitrogens with two attached hydrogens (primary N) is 1. The van der Waals surface area contributed by atoms with Gasteiger partial charge in [0.25, 0.3) is 5.91 Å². The minimum absolute atomic E-state index is 0.115. The van der Waals surface area contributed by atoms with Gasteiger partial charge in [0.15, 0.2) is 0 Å². The van der Waals surface area contributed by atoms with Crippen molar-refractivity contribution in [2.45, 2.75) is 6.92 Å². The molecule has 1 atom stereocenters. The normalized spacial score (nSPS) is 12.1. The van der Waals surface area contributed by atoms with Crippen molar-refractivity contribution >= 4 is 23.1 Å². The third kappa shape index (κ3) is 3.66. The fraction of sp³-hybridized carbons (Fsp3) is 0.333. The molecule has 0 aliphatic carbocycles. The SMILES string of the molecule is CC(CN(C)C(=O)c1c(F)cc(F)cc1F)C(N)=S. The number of thiocarbonyl (C=S) groups is 1. The van der Waals surface area contributed by atoms with Crippen LogP contribution >= 0.6 is 12.2 Å². The highest BCUT2D eigenvalue weighted by atomic mass is 32.1. The second-order valence-corrected chi connectivity index (χ2v) is 4.70. The van der Waals surface area contributed by atoms with Crippen molar-refractivity contribution in [1.82, 2.24) is 4.90 Å². The summed E-state index contributed by atoms with van der Waals surface area (Å²) >= 11 is 4.75. The Morgan fingerprint density at radius 3 is 2.26 bits per heavy atom. The van der Waals surface area contributed by atoms with Crippen molar-refractivity contribution in [3.63, 3.8) is 0 Å². The lowest BCUT2D eigenvalue weighted by Crippen LogP contribution is -2.36. The van der Waals surface area contributed by atoms with Gasteiger partial charge in [-0.25, -0.2) is 13.2 Å². The third-order valence-electron chi connectivity index (χ3n) is 2.60. The van der Waals surface area contributed by atoms with E-state index in [2.05, 4.69) is 0 Å². The highest BCUT2D eigenvalue weighted by Crippen LogP contribution is 2.17. The van der Waals surface area contributed by atoms with E-state index in [1.165, 1.54) is 7.05 Å². The van der Waals surface area contributed by atoms with Crippen LogP contribution in [-0.4, -0.2) is 29.4 Å². The predicted octanol–water partition coefficient (Wildman–Crippen LogP) is 2.10. The number of amides is 1. The number of nitrogens with zero attached hydrogens (tertiary/aromatic N) is 1. The minimum Gasteiger partial charge on any atom is -0.393 e. The van der Waals surface area contributed by atoms with E-state index in [-0.39, 0.29) is 17.5 Å². The van der Waals surface area contributed by atoms with Gasteiger partial charge < -0.3 is 10.6 Å². The molecule has 0 aliphatic rings. The van der Waals surface area contributed by atoms with Crippen molar-refractivity contribution in [2.24, 2.45) is 11.7 Å². The maximum Gasteiger partial charge on any atom is 0.259 e. The van der Waals surface area contributed by atoms with Gasteiger partial charge in [0.1, 0.15) is 23.0 Å². The van der Waals surface area contributed by atoms with Crippen LogP contribution in [0.15, 0.2) is 12.1 Å². The Hall–Kier alpha value is -1.63. The van der Waals surface area contributed by atoms with Crippen molar-refractivity contribution in [3.8, 4) is 0 Å². The molecule has 1 unspecified atom stereocenters. The van der Waals surface area contributed by atoms with Gasteiger partial charge in [0, 0.05) is 31.6 Å². The van der Waals surface area contributed by atoms with E-state index in [0.717, 1.165) is 4.90 Å². The molecule has 2 N–H and O–H groups in total. The first kappa shape index (κ1) is 15.4. The van der Waals surface area contributed by atoms with Crippen LogP contribution in [0.5, 0.6) is 0 Å². The largest absolute Gasteiger partial charge is 0.393 e. The Kier molecular flexibility index (Phi) is 4.88. The first-order valence-corrected chi connectivity index (χ1v) is 5.84. The maximum atomic E-state index is 13.4. The molecule has 1 aromatic carbocycles. The molecule has 1 amide bonds. The molecular weight excluding hydrogens is 277 g/mol. The summed E-state index contributed by atoms with van der Waals surface area (Å²) in [5.41, 5.74) is 4.61. The van der Waals surface area contributed by atoms with E-state index in [9.17, 15) is 18.0 Å². The maximum absolute atomic E-state index is 13.4. The Bertz CT molecular complexity index is 499. The number of carbonyl (C=O) groups is 1. The Balaban J connectivity index is 2.98. The predicted molar refractivity (Wildman–Crippen MR) is 69.2 cm³/mol. The monoisotopic (exact) mass is 290 g/mol. The third-order valence-corrected chi connectivity index (χ3v) is 3.00. The van der Waals surface area contributed by atoms with Crippen LogP contribution < -0.4 is 5.73 Å². The van der Waals surface area contributed by atoms with Gasteiger partial charge in [-0.1, -0.05) is 19.1 Å². The first-order chi connectivity index (χ1) is 8.73. The van der Waals surface area contributed by atoms with Crippen LogP contribution in [0.1, 0.15) is 17.3 Å². The van der Waals surface area contributed by atoms with Gasteiger partial charge in [0.05, 0.1) is 4.99 Å². The van der Waals surface area contributed by atoms with Crippen molar-refractivity contribution in [2.75, 3.05) is 13.6 Å². The Morgan fingerprint density at radius 1 is 1.37 bits per heavy atom. The van der Waals surface area contributed by atoms with Gasteiger partial charge >= 0.3 is 0 Å². The van der Waals surface area contributed by atoms with Gasteiger partial charge in [0.2, 0.25) is 0 Å². The number of rotatable bonds is 4. The van der Waals surface area contributed by atoms with Crippen LogP contribution in [0.2, 0.25) is 0 Å². The van der Waals surface area contributed by atoms with E-state index >= 15 is 0 Å². The molecule has 0 bridgehead atoms. The summed E-state index contributed by atoms with van der Waals surface area (Å²) in [6.45, 7) is 1.80. The molecule has 1 rings (SSSR count). The number of benzene rings is 1. The molecule has 0 heterocycles. The van der Waals surface area contributed by atoms with Gasteiger partial charge in [-0.05, 0) is 0 Å². The molecule has 0 saturated heterocycles. The van der Waals surface area contributed by atoms with E-state index in [1.807, 2.05) is 0 Å². The highest BCUT2D eigenvalue weighted by molar-refractivity contribution is 7.80. The molecule has 0 radical (unpaired) electrons. The molecule has 0 spiro atoms.